The van der Waals surface area contributed by atoms with E-state index in [2.05, 4.69) is 15.2 Å². The Morgan fingerprint density at radius 2 is 2.00 bits per heavy atom. The van der Waals surface area contributed by atoms with E-state index in [-0.39, 0.29) is 18.5 Å². The number of para-hydroxylation sites is 1. The Hall–Kier alpha value is -2.45. The van der Waals surface area contributed by atoms with E-state index in [1.807, 2.05) is 6.92 Å². The molecule has 134 valence electrons. The standard InChI is InChI=1S/C17H22N4O4/c1-12(10-20-6-8-25-9-7-20)18-15(22)11-21-14-5-3-2-4-13(14)16(23)19-17(21)24/h2-5,12H,6-11H2,1H3,(H,18,22)(H,19,23,24)/t12-/m1/s1. The number of carbonyl (C=O) groups is 1. The number of rotatable bonds is 5. The summed E-state index contributed by atoms with van der Waals surface area (Å²) in [6.45, 7) is 5.65. The molecule has 0 saturated carbocycles. The Labute approximate surface area is 144 Å². The topological polar surface area (TPSA) is 96.4 Å². The molecule has 2 aromatic rings. The summed E-state index contributed by atoms with van der Waals surface area (Å²) in [5.41, 5.74) is -0.579. The lowest BCUT2D eigenvalue weighted by molar-refractivity contribution is -0.122. The van der Waals surface area contributed by atoms with E-state index < -0.39 is 11.2 Å². The molecule has 0 unspecified atom stereocenters. The molecular weight excluding hydrogens is 324 g/mol. The number of aromatic nitrogens is 2. The van der Waals surface area contributed by atoms with E-state index in [0.29, 0.717) is 24.1 Å². The molecule has 1 aromatic heterocycles. The third-order valence-corrected chi connectivity index (χ3v) is 4.25. The lowest BCUT2D eigenvalue weighted by atomic mass is 10.2. The van der Waals surface area contributed by atoms with Gasteiger partial charge in [0.25, 0.3) is 5.56 Å². The van der Waals surface area contributed by atoms with Crippen LogP contribution in [0.2, 0.25) is 0 Å². The second-order valence-electron chi connectivity index (χ2n) is 6.24. The second kappa shape index (κ2) is 7.62. The zero-order chi connectivity index (χ0) is 17.8. The molecular formula is C17H22N4O4. The molecule has 1 aliphatic rings. The molecule has 0 aliphatic carbocycles. The van der Waals surface area contributed by atoms with Crippen LogP contribution in [0.3, 0.4) is 0 Å². The van der Waals surface area contributed by atoms with Crippen molar-refractivity contribution in [3.63, 3.8) is 0 Å². The van der Waals surface area contributed by atoms with E-state index in [4.69, 9.17) is 4.74 Å². The molecule has 1 atom stereocenters. The van der Waals surface area contributed by atoms with Gasteiger partial charge in [-0.2, -0.15) is 0 Å². The number of fused-ring (bicyclic) bond motifs is 1. The number of carbonyl (C=O) groups excluding carboxylic acids is 1. The number of morpholine rings is 1. The lowest BCUT2D eigenvalue weighted by Crippen LogP contribution is -2.47. The molecule has 2 heterocycles. The Bertz CT molecular complexity index is 867. The maximum Gasteiger partial charge on any atom is 0.329 e. The number of aromatic amines is 1. The van der Waals surface area contributed by atoms with Crippen molar-refractivity contribution in [2.75, 3.05) is 32.8 Å². The van der Waals surface area contributed by atoms with Crippen LogP contribution in [0.5, 0.6) is 0 Å². The maximum atomic E-state index is 12.3. The van der Waals surface area contributed by atoms with Gasteiger partial charge in [0.2, 0.25) is 5.91 Å². The van der Waals surface area contributed by atoms with Crippen LogP contribution < -0.4 is 16.6 Å². The van der Waals surface area contributed by atoms with Crippen molar-refractivity contribution < 1.29 is 9.53 Å². The Morgan fingerprint density at radius 3 is 2.76 bits per heavy atom. The highest BCUT2D eigenvalue weighted by atomic mass is 16.5. The number of hydrogen-bond acceptors (Lipinski definition) is 5. The maximum absolute atomic E-state index is 12.3. The first-order chi connectivity index (χ1) is 12.0. The number of nitrogens with one attached hydrogen (secondary N) is 2. The predicted molar refractivity (Wildman–Crippen MR) is 93.7 cm³/mol. The van der Waals surface area contributed by atoms with Gasteiger partial charge >= 0.3 is 5.69 Å². The molecule has 0 spiro atoms. The zero-order valence-corrected chi connectivity index (χ0v) is 14.2. The van der Waals surface area contributed by atoms with Gasteiger partial charge in [0.1, 0.15) is 6.54 Å². The lowest BCUT2D eigenvalue weighted by Gasteiger charge is -2.29. The summed E-state index contributed by atoms with van der Waals surface area (Å²) in [6.07, 6.45) is 0. The highest BCUT2D eigenvalue weighted by molar-refractivity contribution is 5.81. The fraction of sp³-hybridized carbons (Fsp3) is 0.471. The van der Waals surface area contributed by atoms with Crippen LogP contribution in [0.4, 0.5) is 0 Å². The van der Waals surface area contributed by atoms with Crippen LogP contribution in [-0.2, 0) is 16.1 Å². The fourth-order valence-electron chi connectivity index (χ4n) is 3.08. The van der Waals surface area contributed by atoms with Gasteiger partial charge in [-0.3, -0.25) is 24.0 Å². The van der Waals surface area contributed by atoms with E-state index in [1.54, 1.807) is 24.3 Å². The third kappa shape index (κ3) is 4.15. The molecule has 0 radical (unpaired) electrons. The predicted octanol–water partition coefficient (Wildman–Crippen LogP) is -0.473. The molecule has 8 heteroatoms. The van der Waals surface area contributed by atoms with Gasteiger partial charge in [-0.05, 0) is 19.1 Å². The first-order valence-electron chi connectivity index (χ1n) is 8.36. The smallest absolute Gasteiger partial charge is 0.329 e. The van der Waals surface area contributed by atoms with Crippen molar-refractivity contribution in [3.8, 4) is 0 Å². The van der Waals surface area contributed by atoms with Gasteiger partial charge < -0.3 is 10.1 Å². The van der Waals surface area contributed by atoms with E-state index in [1.165, 1.54) is 4.57 Å². The van der Waals surface area contributed by atoms with Crippen LogP contribution in [0, 0.1) is 0 Å². The Kier molecular flexibility index (Phi) is 5.30. The van der Waals surface area contributed by atoms with E-state index >= 15 is 0 Å². The number of hydrogen-bond donors (Lipinski definition) is 2. The summed E-state index contributed by atoms with van der Waals surface area (Å²) in [4.78, 5) is 40.8. The van der Waals surface area contributed by atoms with E-state index in [0.717, 1.165) is 19.6 Å². The molecule has 1 aromatic carbocycles. The summed E-state index contributed by atoms with van der Waals surface area (Å²) >= 11 is 0. The minimum Gasteiger partial charge on any atom is -0.379 e. The van der Waals surface area contributed by atoms with Gasteiger partial charge in [0.15, 0.2) is 0 Å². The van der Waals surface area contributed by atoms with Gasteiger partial charge in [-0.25, -0.2) is 4.79 Å². The highest BCUT2D eigenvalue weighted by Gasteiger charge is 2.16. The molecule has 8 nitrogen and oxygen atoms in total. The summed E-state index contributed by atoms with van der Waals surface area (Å²) in [5.74, 6) is -0.264. The largest absolute Gasteiger partial charge is 0.379 e. The van der Waals surface area contributed by atoms with Crippen LogP contribution in [-0.4, -0.2) is 59.2 Å². The van der Waals surface area contributed by atoms with Crippen LogP contribution in [0.15, 0.2) is 33.9 Å². The van der Waals surface area contributed by atoms with Crippen molar-refractivity contribution in [3.05, 3.63) is 45.1 Å². The highest BCUT2D eigenvalue weighted by Crippen LogP contribution is 2.06. The zero-order valence-electron chi connectivity index (χ0n) is 14.2. The van der Waals surface area contributed by atoms with Crippen molar-refractivity contribution >= 4 is 16.8 Å². The molecule has 2 N–H and O–H groups in total. The number of nitrogens with zero attached hydrogens (tertiary/aromatic N) is 2. The van der Waals surface area contributed by atoms with E-state index in [9.17, 15) is 14.4 Å². The average Bonchev–Trinajstić information content (AvgIpc) is 2.59. The van der Waals surface area contributed by atoms with Crippen LogP contribution >= 0.6 is 0 Å². The second-order valence-corrected chi connectivity index (χ2v) is 6.24. The molecule has 3 rings (SSSR count). The molecule has 1 fully saturated rings. The van der Waals surface area contributed by atoms with Crippen molar-refractivity contribution in [1.29, 1.82) is 0 Å². The quantitative estimate of drug-likeness (QED) is 0.763. The minimum absolute atomic E-state index is 0.0460. The monoisotopic (exact) mass is 346 g/mol. The third-order valence-electron chi connectivity index (χ3n) is 4.25. The molecule has 0 bridgehead atoms. The molecule has 1 saturated heterocycles. The first kappa shape index (κ1) is 17.4. The van der Waals surface area contributed by atoms with Crippen molar-refractivity contribution in [2.24, 2.45) is 0 Å². The Balaban J connectivity index is 1.69. The molecule has 1 amide bonds. The number of benzene rings is 1. The van der Waals surface area contributed by atoms with Crippen LogP contribution in [0.1, 0.15) is 6.92 Å². The SMILES string of the molecule is C[C@H](CN1CCOCC1)NC(=O)Cn1c(=O)[nH]c(=O)c2ccccc21. The van der Waals surface area contributed by atoms with Crippen molar-refractivity contribution in [1.82, 2.24) is 19.8 Å². The summed E-state index contributed by atoms with van der Waals surface area (Å²) in [5, 5.41) is 3.29. The number of ether oxygens (including phenoxy) is 1. The minimum atomic E-state index is -0.584. The van der Waals surface area contributed by atoms with Gasteiger partial charge in [0, 0.05) is 25.7 Å². The fourth-order valence-corrected chi connectivity index (χ4v) is 3.08. The normalized spacial score (nSPS) is 16.7. The van der Waals surface area contributed by atoms with Crippen molar-refractivity contribution in [2.45, 2.75) is 19.5 Å². The van der Waals surface area contributed by atoms with Crippen LogP contribution in [0.25, 0.3) is 10.9 Å². The van der Waals surface area contributed by atoms with Gasteiger partial charge in [-0.15, -0.1) is 0 Å². The Morgan fingerprint density at radius 1 is 1.28 bits per heavy atom. The number of H-pyrrole nitrogens is 1. The number of amides is 1. The first-order valence-corrected chi connectivity index (χ1v) is 8.36. The average molecular weight is 346 g/mol. The summed E-state index contributed by atoms with van der Waals surface area (Å²) in [6, 6.07) is 6.70. The van der Waals surface area contributed by atoms with Gasteiger partial charge in [0.05, 0.1) is 24.1 Å². The summed E-state index contributed by atoms with van der Waals surface area (Å²) in [7, 11) is 0. The molecule has 25 heavy (non-hydrogen) atoms. The van der Waals surface area contributed by atoms with Gasteiger partial charge in [-0.1, -0.05) is 12.1 Å². The summed E-state index contributed by atoms with van der Waals surface area (Å²) < 4.78 is 6.59. The molecule has 1 aliphatic heterocycles.